The summed E-state index contributed by atoms with van der Waals surface area (Å²) >= 11 is 7.18. The van der Waals surface area contributed by atoms with E-state index in [0.29, 0.717) is 5.02 Å². The van der Waals surface area contributed by atoms with Crippen LogP contribution < -0.4 is 0 Å². The van der Waals surface area contributed by atoms with Gasteiger partial charge >= 0.3 is 0 Å². The van der Waals surface area contributed by atoms with E-state index in [1.54, 1.807) is 0 Å². The van der Waals surface area contributed by atoms with E-state index in [9.17, 15) is 5.11 Å². The number of halogens is 1. The topological polar surface area (TPSA) is 33.1 Å². The van der Waals surface area contributed by atoms with Crippen LogP contribution in [0.1, 0.15) is 12.5 Å². The summed E-state index contributed by atoms with van der Waals surface area (Å²) in [6.45, 7) is 2.05. The molecule has 0 fully saturated rings. The first-order chi connectivity index (χ1) is 6.22. The average molecular weight is 214 g/mol. The zero-order chi connectivity index (χ0) is 9.42. The number of aromatic hydroxyl groups is 1. The summed E-state index contributed by atoms with van der Waals surface area (Å²) < 4.78 is 0.874. The molecule has 2 aromatic rings. The van der Waals surface area contributed by atoms with Gasteiger partial charge in [-0.3, -0.25) is 0 Å². The van der Waals surface area contributed by atoms with Crippen molar-refractivity contribution in [3.63, 3.8) is 0 Å². The summed E-state index contributed by atoms with van der Waals surface area (Å²) in [7, 11) is 0. The summed E-state index contributed by atoms with van der Waals surface area (Å²) in [5.74, 6) is 0. The predicted molar refractivity (Wildman–Crippen MR) is 55.7 cm³/mol. The lowest BCUT2D eigenvalue weighted by Gasteiger charge is -1.97. The van der Waals surface area contributed by atoms with Crippen LogP contribution in [0.25, 0.3) is 10.2 Å². The number of thiazole rings is 1. The van der Waals surface area contributed by atoms with E-state index in [4.69, 9.17) is 11.6 Å². The number of fused-ring (bicyclic) bond motifs is 1. The van der Waals surface area contributed by atoms with Gasteiger partial charge in [0.2, 0.25) is 0 Å². The number of benzene rings is 1. The SMILES string of the molecule is CCc1ccc(Cl)c2sc(O)nc12. The monoisotopic (exact) mass is 213 g/mol. The molecule has 2 nitrogen and oxygen atoms in total. The Labute approximate surface area is 84.8 Å². The Balaban J connectivity index is 2.83. The Kier molecular flexibility index (Phi) is 2.14. The molecule has 0 spiro atoms. The van der Waals surface area contributed by atoms with Gasteiger partial charge in [0, 0.05) is 0 Å². The number of rotatable bonds is 1. The molecule has 1 heterocycles. The smallest absolute Gasteiger partial charge is 0.271 e. The highest BCUT2D eigenvalue weighted by Gasteiger charge is 2.09. The van der Waals surface area contributed by atoms with Gasteiger partial charge in [-0.1, -0.05) is 35.9 Å². The third kappa shape index (κ3) is 1.38. The van der Waals surface area contributed by atoms with Gasteiger partial charge in [-0.05, 0) is 18.1 Å². The van der Waals surface area contributed by atoms with Crippen LogP contribution in [0.3, 0.4) is 0 Å². The molecule has 0 saturated heterocycles. The molecule has 0 aliphatic carbocycles. The van der Waals surface area contributed by atoms with Crippen LogP contribution >= 0.6 is 22.9 Å². The summed E-state index contributed by atoms with van der Waals surface area (Å²) in [5, 5.41) is 9.99. The van der Waals surface area contributed by atoms with Crippen molar-refractivity contribution in [2.45, 2.75) is 13.3 Å². The maximum Gasteiger partial charge on any atom is 0.271 e. The first-order valence-corrected chi connectivity index (χ1v) is 5.18. The van der Waals surface area contributed by atoms with E-state index in [2.05, 4.69) is 11.9 Å². The fraction of sp³-hybridized carbons (Fsp3) is 0.222. The molecule has 1 aromatic carbocycles. The minimum atomic E-state index is 0.0813. The van der Waals surface area contributed by atoms with E-state index in [0.717, 1.165) is 22.2 Å². The van der Waals surface area contributed by atoms with Crippen molar-refractivity contribution in [2.75, 3.05) is 0 Å². The first-order valence-electron chi connectivity index (χ1n) is 3.99. The van der Waals surface area contributed by atoms with Crippen molar-refractivity contribution in [1.29, 1.82) is 0 Å². The lowest BCUT2D eigenvalue weighted by molar-refractivity contribution is 0.472. The maximum atomic E-state index is 9.25. The van der Waals surface area contributed by atoms with Gasteiger partial charge in [-0.15, -0.1) is 0 Å². The second kappa shape index (κ2) is 3.16. The van der Waals surface area contributed by atoms with Crippen LogP contribution in [-0.2, 0) is 6.42 Å². The molecule has 13 heavy (non-hydrogen) atoms. The Morgan fingerprint density at radius 2 is 2.31 bits per heavy atom. The van der Waals surface area contributed by atoms with E-state index in [-0.39, 0.29) is 5.19 Å². The second-order valence-corrected chi connectivity index (χ2v) is 4.12. The van der Waals surface area contributed by atoms with Crippen LogP contribution in [-0.4, -0.2) is 10.1 Å². The fourth-order valence-corrected chi connectivity index (χ4v) is 2.33. The van der Waals surface area contributed by atoms with Crippen molar-refractivity contribution in [3.8, 4) is 5.19 Å². The van der Waals surface area contributed by atoms with Crippen molar-refractivity contribution < 1.29 is 5.11 Å². The highest BCUT2D eigenvalue weighted by molar-refractivity contribution is 7.20. The molecule has 2 rings (SSSR count). The third-order valence-corrected chi connectivity index (χ3v) is 3.27. The molecule has 0 unspecified atom stereocenters. The highest BCUT2D eigenvalue weighted by atomic mass is 35.5. The molecule has 0 saturated carbocycles. The Bertz CT molecular complexity index is 452. The summed E-state index contributed by atoms with van der Waals surface area (Å²) in [5.41, 5.74) is 1.95. The fourth-order valence-electron chi connectivity index (χ4n) is 1.30. The number of hydrogen-bond acceptors (Lipinski definition) is 3. The molecule has 1 N–H and O–H groups in total. The van der Waals surface area contributed by atoms with Crippen molar-refractivity contribution in [1.82, 2.24) is 4.98 Å². The van der Waals surface area contributed by atoms with Gasteiger partial charge in [-0.2, -0.15) is 0 Å². The van der Waals surface area contributed by atoms with E-state index in [1.807, 2.05) is 12.1 Å². The quantitative estimate of drug-likeness (QED) is 0.789. The minimum Gasteiger partial charge on any atom is -0.486 e. The van der Waals surface area contributed by atoms with E-state index < -0.39 is 0 Å². The van der Waals surface area contributed by atoms with E-state index in [1.165, 1.54) is 11.3 Å². The molecule has 1 aromatic heterocycles. The van der Waals surface area contributed by atoms with Crippen LogP contribution in [0.4, 0.5) is 0 Å². The Morgan fingerprint density at radius 1 is 1.54 bits per heavy atom. The van der Waals surface area contributed by atoms with Gasteiger partial charge in [0.15, 0.2) is 0 Å². The van der Waals surface area contributed by atoms with E-state index >= 15 is 0 Å². The zero-order valence-corrected chi connectivity index (χ0v) is 8.61. The lowest BCUT2D eigenvalue weighted by atomic mass is 10.1. The van der Waals surface area contributed by atoms with Gasteiger partial charge < -0.3 is 5.11 Å². The molecular formula is C9H8ClNOS. The standard InChI is InChI=1S/C9H8ClNOS/c1-2-5-3-4-6(10)8-7(5)11-9(12)13-8/h3-4H,2H2,1H3,(H,11,12). The molecule has 0 atom stereocenters. The molecular weight excluding hydrogens is 206 g/mol. The van der Waals surface area contributed by atoms with Gasteiger partial charge in [0.25, 0.3) is 5.19 Å². The van der Waals surface area contributed by atoms with Crippen LogP contribution in [0.2, 0.25) is 5.02 Å². The minimum absolute atomic E-state index is 0.0813. The van der Waals surface area contributed by atoms with Crippen molar-refractivity contribution in [3.05, 3.63) is 22.7 Å². The van der Waals surface area contributed by atoms with Crippen LogP contribution in [0, 0.1) is 0 Å². The van der Waals surface area contributed by atoms with Crippen LogP contribution in [0.15, 0.2) is 12.1 Å². The van der Waals surface area contributed by atoms with Gasteiger partial charge in [0.1, 0.15) is 0 Å². The molecule has 68 valence electrons. The molecule has 0 bridgehead atoms. The van der Waals surface area contributed by atoms with Crippen LogP contribution in [0.5, 0.6) is 5.19 Å². The Morgan fingerprint density at radius 3 is 3.00 bits per heavy atom. The maximum absolute atomic E-state index is 9.25. The van der Waals surface area contributed by atoms with Gasteiger partial charge in [0.05, 0.1) is 15.2 Å². The Hall–Kier alpha value is -0.800. The number of aryl methyl sites for hydroxylation is 1. The predicted octanol–water partition coefficient (Wildman–Crippen LogP) is 3.22. The number of hydrogen-bond donors (Lipinski definition) is 1. The third-order valence-electron chi connectivity index (χ3n) is 1.95. The molecule has 0 aliphatic heterocycles. The average Bonchev–Trinajstić information content (AvgIpc) is 2.48. The van der Waals surface area contributed by atoms with Gasteiger partial charge in [-0.25, -0.2) is 4.98 Å². The molecule has 4 heteroatoms. The summed E-state index contributed by atoms with van der Waals surface area (Å²) in [6, 6.07) is 3.80. The first kappa shape index (κ1) is 8.78. The number of aromatic nitrogens is 1. The normalized spacial score (nSPS) is 10.9. The highest BCUT2D eigenvalue weighted by Crippen LogP contribution is 2.34. The molecule has 0 radical (unpaired) electrons. The zero-order valence-electron chi connectivity index (χ0n) is 7.04. The number of nitrogens with zero attached hydrogens (tertiary/aromatic N) is 1. The second-order valence-electron chi connectivity index (χ2n) is 2.73. The lowest BCUT2D eigenvalue weighted by Crippen LogP contribution is -1.82. The van der Waals surface area contributed by atoms with Crippen molar-refractivity contribution >= 4 is 33.2 Å². The van der Waals surface area contributed by atoms with Crippen molar-refractivity contribution in [2.24, 2.45) is 0 Å². The largest absolute Gasteiger partial charge is 0.486 e. The molecule has 0 aliphatic rings. The summed E-state index contributed by atoms with van der Waals surface area (Å²) in [6.07, 6.45) is 0.900. The molecule has 0 amide bonds. The summed E-state index contributed by atoms with van der Waals surface area (Å²) in [4.78, 5) is 4.03.